The molecule has 0 unspecified atom stereocenters. The van der Waals surface area contributed by atoms with Gasteiger partial charge >= 0.3 is 0 Å². The largest absolute Gasteiger partial charge is 0.494 e. The van der Waals surface area contributed by atoms with Crippen molar-refractivity contribution < 1.29 is 9.53 Å². The Balaban J connectivity index is 2.02. The Kier molecular flexibility index (Phi) is 4.60. The quantitative estimate of drug-likeness (QED) is 0.875. The van der Waals surface area contributed by atoms with Gasteiger partial charge in [-0.15, -0.1) is 0 Å². The topological polar surface area (TPSA) is 50.4 Å². The molecule has 0 aliphatic rings. The second-order valence-corrected chi connectivity index (χ2v) is 4.24. The van der Waals surface area contributed by atoms with Crippen LogP contribution in [-0.4, -0.2) is 19.6 Å². The van der Waals surface area contributed by atoms with Crippen LogP contribution in [-0.2, 0) is 0 Å². The summed E-state index contributed by atoms with van der Waals surface area (Å²) in [4.78, 5) is 12.1. The van der Waals surface area contributed by atoms with Crippen LogP contribution in [0.3, 0.4) is 0 Å². The highest BCUT2D eigenvalue weighted by atomic mass is 16.5. The van der Waals surface area contributed by atoms with E-state index < -0.39 is 0 Å². The molecular formula is C16H18N2O2. The molecule has 0 bridgehead atoms. The minimum absolute atomic E-state index is 0.128. The molecule has 0 atom stereocenters. The first kappa shape index (κ1) is 13.9. The first-order valence-corrected chi connectivity index (χ1v) is 6.55. The Labute approximate surface area is 118 Å². The maximum Gasteiger partial charge on any atom is 0.255 e. The average molecular weight is 270 g/mol. The first-order chi connectivity index (χ1) is 9.72. The molecule has 2 aromatic carbocycles. The number of hydrogen-bond donors (Lipinski definition) is 2. The fraction of sp³-hybridized carbons (Fsp3) is 0.188. The van der Waals surface area contributed by atoms with Crippen LogP contribution in [0.4, 0.5) is 11.4 Å². The molecule has 1 amide bonds. The SMILES string of the molecule is CCOc1ccc(NC(=O)c2ccc(NC)cc2)cc1. The zero-order valence-corrected chi connectivity index (χ0v) is 11.6. The Morgan fingerprint density at radius 2 is 1.60 bits per heavy atom. The van der Waals surface area contributed by atoms with E-state index in [9.17, 15) is 4.79 Å². The molecule has 0 saturated carbocycles. The van der Waals surface area contributed by atoms with Crippen LogP contribution in [0.15, 0.2) is 48.5 Å². The minimum atomic E-state index is -0.128. The molecule has 0 aromatic heterocycles. The molecular weight excluding hydrogens is 252 g/mol. The molecule has 0 saturated heterocycles. The second-order valence-electron chi connectivity index (χ2n) is 4.24. The third kappa shape index (κ3) is 3.51. The van der Waals surface area contributed by atoms with E-state index in [-0.39, 0.29) is 5.91 Å². The number of anilines is 2. The van der Waals surface area contributed by atoms with Gasteiger partial charge in [0.05, 0.1) is 6.61 Å². The van der Waals surface area contributed by atoms with Crippen LogP contribution in [0, 0.1) is 0 Å². The number of benzene rings is 2. The summed E-state index contributed by atoms with van der Waals surface area (Å²) >= 11 is 0. The number of nitrogens with one attached hydrogen (secondary N) is 2. The van der Waals surface area contributed by atoms with Crippen molar-refractivity contribution in [3.8, 4) is 5.75 Å². The van der Waals surface area contributed by atoms with Crippen molar-refractivity contribution in [2.75, 3.05) is 24.3 Å². The van der Waals surface area contributed by atoms with Gasteiger partial charge in [0.25, 0.3) is 5.91 Å². The van der Waals surface area contributed by atoms with Gasteiger partial charge in [-0.1, -0.05) is 0 Å². The van der Waals surface area contributed by atoms with Crippen LogP contribution in [0.5, 0.6) is 5.75 Å². The van der Waals surface area contributed by atoms with E-state index in [2.05, 4.69) is 10.6 Å². The lowest BCUT2D eigenvalue weighted by molar-refractivity contribution is 0.102. The highest BCUT2D eigenvalue weighted by molar-refractivity contribution is 6.04. The third-order valence-electron chi connectivity index (χ3n) is 2.86. The fourth-order valence-electron chi connectivity index (χ4n) is 1.79. The van der Waals surface area contributed by atoms with Crippen LogP contribution in [0.1, 0.15) is 17.3 Å². The summed E-state index contributed by atoms with van der Waals surface area (Å²) < 4.78 is 5.36. The zero-order valence-electron chi connectivity index (χ0n) is 11.6. The summed E-state index contributed by atoms with van der Waals surface area (Å²) in [5.74, 6) is 0.667. The highest BCUT2D eigenvalue weighted by Gasteiger charge is 2.05. The van der Waals surface area contributed by atoms with Crippen molar-refractivity contribution in [3.05, 3.63) is 54.1 Å². The van der Waals surface area contributed by atoms with Gasteiger partial charge in [0.1, 0.15) is 5.75 Å². The molecule has 20 heavy (non-hydrogen) atoms. The van der Waals surface area contributed by atoms with E-state index in [4.69, 9.17) is 4.74 Å². The lowest BCUT2D eigenvalue weighted by atomic mass is 10.2. The molecule has 0 heterocycles. The predicted molar refractivity (Wildman–Crippen MR) is 81.6 cm³/mol. The number of amides is 1. The summed E-state index contributed by atoms with van der Waals surface area (Å²) in [5, 5.41) is 5.87. The predicted octanol–water partition coefficient (Wildman–Crippen LogP) is 3.38. The summed E-state index contributed by atoms with van der Waals surface area (Å²) in [6.07, 6.45) is 0. The lowest BCUT2D eigenvalue weighted by Gasteiger charge is -2.07. The number of carbonyl (C=O) groups is 1. The van der Waals surface area contributed by atoms with Gasteiger partial charge in [-0.2, -0.15) is 0 Å². The number of rotatable bonds is 5. The maximum atomic E-state index is 12.1. The standard InChI is InChI=1S/C16H18N2O2/c1-3-20-15-10-8-14(9-11-15)18-16(19)12-4-6-13(17-2)7-5-12/h4-11,17H,3H2,1-2H3,(H,18,19). The summed E-state index contributed by atoms with van der Waals surface area (Å²) in [7, 11) is 1.84. The second kappa shape index (κ2) is 6.61. The first-order valence-electron chi connectivity index (χ1n) is 6.55. The van der Waals surface area contributed by atoms with Crippen molar-refractivity contribution in [1.82, 2.24) is 0 Å². The van der Waals surface area contributed by atoms with E-state index in [1.165, 1.54) is 0 Å². The maximum absolute atomic E-state index is 12.1. The molecule has 104 valence electrons. The van der Waals surface area contributed by atoms with Crippen LogP contribution < -0.4 is 15.4 Å². The normalized spacial score (nSPS) is 9.90. The Hall–Kier alpha value is -2.49. The summed E-state index contributed by atoms with van der Waals surface area (Å²) in [6.45, 7) is 2.56. The van der Waals surface area contributed by atoms with E-state index in [1.807, 2.05) is 50.4 Å². The van der Waals surface area contributed by atoms with E-state index >= 15 is 0 Å². The molecule has 0 fully saturated rings. The molecule has 0 spiro atoms. The van der Waals surface area contributed by atoms with Crippen LogP contribution in [0.25, 0.3) is 0 Å². The van der Waals surface area contributed by atoms with Crippen molar-refractivity contribution >= 4 is 17.3 Å². The van der Waals surface area contributed by atoms with E-state index in [1.54, 1.807) is 12.1 Å². The van der Waals surface area contributed by atoms with Gasteiger partial charge in [-0.25, -0.2) is 0 Å². The molecule has 2 rings (SSSR count). The molecule has 2 N–H and O–H groups in total. The molecule has 2 aromatic rings. The Morgan fingerprint density at radius 3 is 2.15 bits per heavy atom. The summed E-state index contributed by atoms with van der Waals surface area (Å²) in [5.41, 5.74) is 2.34. The number of ether oxygens (including phenoxy) is 1. The third-order valence-corrected chi connectivity index (χ3v) is 2.86. The summed E-state index contributed by atoms with van der Waals surface area (Å²) in [6, 6.07) is 14.6. The zero-order chi connectivity index (χ0) is 14.4. The van der Waals surface area contributed by atoms with Crippen molar-refractivity contribution in [1.29, 1.82) is 0 Å². The van der Waals surface area contributed by atoms with Gasteiger partial charge in [0.2, 0.25) is 0 Å². The van der Waals surface area contributed by atoms with Gasteiger partial charge in [0, 0.05) is 24.0 Å². The molecule has 0 radical (unpaired) electrons. The van der Waals surface area contributed by atoms with Crippen LogP contribution in [0.2, 0.25) is 0 Å². The lowest BCUT2D eigenvalue weighted by Crippen LogP contribution is -2.11. The van der Waals surface area contributed by atoms with Crippen LogP contribution >= 0.6 is 0 Å². The highest BCUT2D eigenvalue weighted by Crippen LogP contribution is 2.17. The van der Waals surface area contributed by atoms with Gasteiger partial charge in [-0.3, -0.25) is 4.79 Å². The molecule has 4 heteroatoms. The smallest absolute Gasteiger partial charge is 0.255 e. The average Bonchev–Trinajstić information content (AvgIpc) is 2.49. The Bertz CT molecular complexity index is 562. The van der Waals surface area contributed by atoms with Crippen molar-refractivity contribution in [3.63, 3.8) is 0 Å². The number of carbonyl (C=O) groups excluding carboxylic acids is 1. The monoisotopic (exact) mass is 270 g/mol. The molecule has 4 nitrogen and oxygen atoms in total. The molecule has 0 aliphatic heterocycles. The van der Waals surface area contributed by atoms with Gasteiger partial charge in [-0.05, 0) is 55.5 Å². The minimum Gasteiger partial charge on any atom is -0.494 e. The van der Waals surface area contributed by atoms with Crippen molar-refractivity contribution in [2.45, 2.75) is 6.92 Å². The Morgan fingerprint density at radius 1 is 1.00 bits per heavy atom. The number of hydrogen-bond acceptors (Lipinski definition) is 3. The fourth-order valence-corrected chi connectivity index (χ4v) is 1.79. The van der Waals surface area contributed by atoms with Gasteiger partial charge in [0.15, 0.2) is 0 Å². The van der Waals surface area contributed by atoms with Crippen molar-refractivity contribution in [2.24, 2.45) is 0 Å². The van der Waals surface area contributed by atoms with Gasteiger partial charge < -0.3 is 15.4 Å². The molecule has 0 aliphatic carbocycles. The van der Waals surface area contributed by atoms with E-state index in [0.717, 1.165) is 17.1 Å². The van der Waals surface area contributed by atoms with E-state index in [0.29, 0.717) is 12.2 Å².